The molecular weight excluding hydrogens is 404 g/mol. The SMILES string of the molecule is CSc1cccc(N2CC(C(=O)NC(c3ccccc3)c3ccc(C)cc3)CC2=O)c1. The summed E-state index contributed by atoms with van der Waals surface area (Å²) in [5, 5.41) is 3.20. The molecule has 4 nitrogen and oxygen atoms in total. The number of rotatable bonds is 6. The molecule has 158 valence electrons. The van der Waals surface area contributed by atoms with Crippen molar-refractivity contribution in [1.82, 2.24) is 5.32 Å². The van der Waals surface area contributed by atoms with Crippen LogP contribution in [0.5, 0.6) is 0 Å². The Labute approximate surface area is 187 Å². The summed E-state index contributed by atoms with van der Waals surface area (Å²) >= 11 is 1.64. The third-order valence-corrected chi connectivity index (χ3v) is 6.42. The first kappa shape index (κ1) is 21.2. The highest BCUT2D eigenvalue weighted by Gasteiger charge is 2.36. The Bertz CT molecular complexity index is 1070. The second kappa shape index (κ2) is 9.40. The van der Waals surface area contributed by atoms with Gasteiger partial charge in [-0.2, -0.15) is 0 Å². The van der Waals surface area contributed by atoms with Crippen LogP contribution in [0.1, 0.15) is 29.2 Å². The number of hydrogen-bond acceptors (Lipinski definition) is 3. The van der Waals surface area contributed by atoms with E-state index in [-0.39, 0.29) is 30.2 Å². The van der Waals surface area contributed by atoms with Crippen LogP contribution in [-0.2, 0) is 9.59 Å². The smallest absolute Gasteiger partial charge is 0.227 e. The molecule has 0 aromatic heterocycles. The van der Waals surface area contributed by atoms with Crippen LogP contribution in [0.25, 0.3) is 0 Å². The molecule has 0 spiro atoms. The summed E-state index contributed by atoms with van der Waals surface area (Å²) in [4.78, 5) is 28.7. The second-order valence-electron chi connectivity index (χ2n) is 7.87. The molecule has 4 rings (SSSR count). The van der Waals surface area contributed by atoms with Crippen molar-refractivity contribution in [3.63, 3.8) is 0 Å². The average Bonchev–Trinajstić information content (AvgIpc) is 3.20. The number of anilines is 1. The fourth-order valence-electron chi connectivity index (χ4n) is 3.93. The number of hydrogen-bond donors (Lipinski definition) is 1. The van der Waals surface area contributed by atoms with E-state index in [0.29, 0.717) is 6.54 Å². The van der Waals surface area contributed by atoms with Gasteiger partial charge in [-0.3, -0.25) is 9.59 Å². The van der Waals surface area contributed by atoms with Gasteiger partial charge in [0.05, 0.1) is 12.0 Å². The van der Waals surface area contributed by atoms with E-state index in [1.54, 1.807) is 16.7 Å². The molecule has 31 heavy (non-hydrogen) atoms. The molecule has 1 aliphatic rings. The first-order chi connectivity index (χ1) is 15.0. The molecule has 1 fully saturated rings. The highest BCUT2D eigenvalue weighted by Crippen LogP contribution is 2.29. The molecule has 1 aliphatic heterocycles. The summed E-state index contributed by atoms with van der Waals surface area (Å²) in [7, 11) is 0. The molecule has 0 saturated carbocycles. The van der Waals surface area contributed by atoms with E-state index >= 15 is 0 Å². The number of benzene rings is 3. The zero-order valence-corrected chi connectivity index (χ0v) is 18.6. The monoisotopic (exact) mass is 430 g/mol. The van der Waals surface area contributed by atoms with Crippen molar-refractivity contribution in [3.8, 4) is 0 Å². The van der Waals surface area contributed by atoms with Gasteiger partial charge in [0.1, 0.15) is 0 Å². The number of amides is 2. The maximum Gasteiger partial charge on any atom is 0.227 e. The van der Waals surface area contributed by atoms with E-state index in [9.17, 15) is 9.59 Å². The number of carbonyl (C=O) groups excluding carboxylic acids is 2. The van der Waals surface area contributed by atoms with Crippen molar-refractivity contribution in [2.45, 2.75) is 24.3 Å². The Kier molecular flexibility index (Phi) is 6.42. The lowest BCUT2D eigenvalue weighted by Crippen LogP contribution is -2.36. The number of nitrogens with one attached hydrogen (secondary N) is 1. The number of thioether (sulfide) groups is 1. The van der Waals surface area contributed by atoms with Gasteiger partial charge in [-0.1, -0.05) is 66.2 Å². The Hall–Kier alpha value is -3.05. The minimum absolute atomic E-state index is 0.00926. The lowest BCUT2D eigenvalue weighted by Gasteiger charge is -2.22. The van der Waals surface area contributed by atoms with E-state index < -0.39 is 0 Å². The van der Waals surface area contributed by atoms with Crippen molar-refractivity contribution in [1.29, 1.82) is 0 Å². The van der Waals surface area contributed by atoms with Crippen LogP contribution in [0.4, 0.5) is 5.69 Å². The molecule has 2 unspecified atom stereocenters. The van der Waals surface area contributed by atoms with Gasteiger partial charge in [-0.25, -0.2) is 0 Å². The van der Waals surface area contributed by atoms with E-state index in [0.717, 1.165) is 21.7 Å². The Morgan fingerprint density at radius 1 is 1.00 bits per heavy atom. The number of carbonyl (C=O) groups is 2. The summed E-state index contributed by atoms with van der Waals surface area (Å²) in [6, 6.07) is 25.8. The van der Waals surface area contributed by atoms with Gasteiger partial charge in [0.25, 0.3) is 0 Å². The highest BCUT2D eigenvalue weighted by molar-refractivity contribution is 7.98. The summed E-state index contributed by atoms with van der Waals surface area (Å²) in [5.41, 5.74) is 4.07. The molecule has 0 aliphatic carbocycles. The molecule has 3 aromatic rings. The van der Waals surface area contributed by atoms with Crippen LogP contribution >= 0.6 is 11.8 Å². The number of aryl methyl sites for hydroxylation is 1. The molecule has 5 heteroatoms. The van der Waals surface area contributed by atoms with Gasteiger partial charge in [-0.05, 0) is 42.5 Å². The zero-order chi connectivity index (χ0) is 21.8. The maximum absolute atomic E-state index is 13.2. The Morgan fingerprint density at radius 2 is 1.71 bits per heavy atom. The third-order valence-electron chi connectivity index (χ3n) is 5.69. The minimum atomic E-state index is -0.373. The van der Waals surface area contributed by atoms with Crippen molar-refractivity contribution >= 4 is 29.3 Å². The Morgan fingerprint density at radius 3 is 2.42 bits per heavy atom. The summed E-state index contributed by atoms with van der Waals surface area (Å²) < 4.78 is 0. The van der Waals surface area contributed by atoms with Crippen molar-refractivity contribution < 1.29 is 9.59 Å². The summed E-state index contributed by atoms with van der Waals surface area (Å²) in [5.74, 6) is -0.474. The average molecular weight is 431 g/mol. The molecule has 0 radical (unpaired) electrons. The first-order valence-electron chi connectivity index (χ1n) is 10.4. The molecule has 1 heterocycles. The van der Waals surface area contributed by atoms with Crippen molar-refractivity contribution in [2.75, 3.05) is 17.7 Å². The van der Waals surface area contributed by atoms with Crippen molar-refractivity contribution in [3.05, 3.63) is 95.6 Å². The van der Waals surface area contributed by atoms with Gasteiger partial charge in [0.2, 0.25) is 11.8 Å². The van der Waals surface area contributed by atoms with Gasteiger partial charge in [0.15, 0.2) is 0 Å². The molecular formula is C26H26N2O2S. The van der Waals surface area contributed by atoms with Crippen LogP contribution in [0.3, 0.4) is 0 Å². The summed E-state index contributed by atoms with van der Waals surface area (Å²) in [6.07, 6.45) is 2.24. The molecule has 1 saturated heterocycles. The van der Waals surface area contributed by atoms with Gasteiger partial charge in [0, 0.05) is 23.5 Å². The van der Waals surface area contributed by atoms with E-state index in [1.165, 1.54) is 5.56 Å². The van der Waals surface area contributed by atoms with E-state index in [1.807, 2.05) is 79.9 Å². The second-order valence-corrected chi connectivity index (χ2v) is 8.75. The standard InChI is InChI=1S/C26H26N2O2S/c1-18-11-13-20(14-12-18)25(19-7-4-3-5-8-19)27-26(30)21-15-24(29)28(17-21)22-9-6-10-23(16-22)31-2/h3-14,16,21,25H,15,17H2,1-2H3,(H,27,30). The van der Waals surface area contributed by atoms with Crippen LogP contribution in [0.2, 0.25) is 0 Å². The number of nitrogens with zero attached hydrogens (tertiary/aromatic N) is 1. The van der Waals surface area contributed by atoms with Crippen LogP contribution in [0.15, 0.2) is 83.8 Å². The fourth-order valence-corrected chi connectivity index (χ4v) is 4.39. The zero-order valence-electron chi connectivity index (χ0n) is 17.7. The topological polar surface area (TPSA) is 49.4 Å². The predicted molar refractivity (Wildman–Crippen MR) is 126 cm³/mol. The maximum atomic E-state index is 13.2. The van der Waals surface area contributed by atoms with Crippen LogP contribution in [0, 0.1) is 12.8 Å². The molecule has 0 bridgehead atoms. The normalized spacial score (nSPS) is 16.9. The summed E-state index contributed by atoms with van der Waals surface area (Å²) in [6.45, 7) is 2.45. The van der Waals surface area contributed by atoms with Crippen molar-refractivity contribution in [2.24, 2.45) is 5.92 Å². The molecule has 2 atom stereocenters. The lowest BCUT2D eigenvalue weighted by molar-refractivity contribution is -0.126. The first-order valence-corrected chi connectivity index (χ1v) is 11.6. The largest absolute Gasteiger partial charge is 0.345 e. The van der Waals surface area contributed by atoms with Crippen LogP contribution in [-0.4, -0.2) is 24.6 Å². The third kappa shape index (κ3) is 4.83. The fraction of sp³-hybridized carbons (Fsp3) is 0.231. The molecule has 1 N–H and O–H groups in total. The Balaban J connectivity index is 1.53. The van der Waals surface area contributed by atoms with Crippen LogP contribution < -0.4 is 10.2 Å². The lowest BCUT2D eigenvalue weighted by atomic mass is 9.96. The molecule has 2 amide bonds. The van der Waals surface area contributed by atoms with Gasteiger partial charge >= 0.3 is 0 Å². The highest BCUT2D eigenvalue weighted by atomic mass is 32.2. The van der Waals surface area contributed by atoms with Gasteiger partial charge in [-0.15, -0.1) is 11.8 Å². The predicted octanol–water partition coefficient (Wildman–Crippen LogP) is 4.98. The quantitative estimate of drug-likeness (QED) is 0.562. The minimum Gasteiger partial charge on any atom is -0.345 e. The van der Waals surface area contributed by atoms with E-state index in [2.05, 4.69) is 17.4 Å². The van der Waals surface area contributed by atoms with Gasteiger partial charge < -0.3 is 10.2 Å². The van der Waals surface area contributed by atoms with E-state index in [4.69, 9.17) is 0 Å². The molecule has 3 aromatic carbocycles.